The average molecular weight is 399 g/mol. The van der Waals surface area contributed by atoms with Crippen LogP contribution < -0.4 is 10.6 Å². The van der Waals surface area contributed by atoms with Crippen molar-refractivity contribution >= 4 is 5.96 Å². The number of aliphatic imine (C=N–C) groups is 1. The molecule has 7 nitrogen and oxygen atoms in total. The van der Waals surface area contributed by atoms with Crippen molar-refractivity contribution in [1.29, 1.82) is 0 Å². The second-order valence-electron chi connectivity index (χ2n) is 8.09. The number of aryl methyl sites for hydroxylation is 1. The third-order valence-electron chi connectivity index (χ3n) is 5.56. The summed E-state index contributed by atoms with van der Waals surface area (Å²) < 4.78 is 1.69. The number of hydrogen-bond donors (Lipinski definition) is 3. The summed E-state index contributed by atoms with van der Waals surface area (Å²) >= 11 is 0. The van der Waals surface area contributed by atoms with E-state index in [-0.39, 0.29) is 6.54 Å². The van der Waals surface area contributed by atoms with Gasteiger partial charge in [-0.25, -0.2) is 4.99 Å². The molecule has 1 aromatic carbocycles. The van der Waals surface area contributed by atoms with Crippen molar-refractivity contribution in [3.63, 3.8) is 0 Å². The van der Waals surface area contributed by atoms with Crippen LogP contribution in [0.3, 0.4) is 0 Å². The van der Waals surface area contributed by atoms with Crippen molar-refractivity contribution in [2.75, 3.05) is 26.2 Å². The molecule has 2 aromatic rings. The van der Waals surface area contributed by atoms with Crippen molar-refractivity contribution in [3.05, 3.63) is 53.3 Å². The van der Waals surface area contributed by atoms with Crippen LogP contribution in [0.15, 0.2) is 41.7 Å². The molecule has 0 saturated heterocycles. The Balaban J connectivity index is 1.57. The number of nitrogens with one attached hydrogen (secondary N) is 2. The number of guanidine groups is 1. The molecule has 3 rings (SSSR count). The second kappa shape index (κ2) is 9.41. The first kappa shape index (κ1) is 21.3. The number of fused-ring (bicyclic) bond motifs is 1. The van der Waals surface area contributed by atoms with E-state index in [1.54, 1.807) is 17.8 Å². The number of benzene rings is 1. The SMILES string of the molecule is CCNC(=NCC(C)(O)c1cnn(C)c1)NCC(C)N1CCc2ccccc2C1. The van der Waals surface area contributed by atoms with E-state index in [1.807, 2.05) is 20.2 Å². The molecule has 0 radical (unpaired) electrons. The molecule has 2 heterocycles. The molecule has 3 N–H and O–H groups in total. The van der Waals surface area contributed by atoms with Crippen LogP contribution in [0.1, 0.15) is 37.5 Å². The van der Waals surface area contributed by atoms with Gasteiger partial charge < -0.3 is 15.7 Å². The topological polar surface area (TPSA) is 77.7 Å². The molecule has 2 atom stereocenters. The average Bonchev–Trinajstić information content (AvgIpc) is 3.17. The van der Waals surface area contributed by atoms with Gasteiger partial charge in [-0.05, 0) is 38.3 Å². The zero-order chi connectivity index (χ0) is 20.9. The minimum absolute atomic E-state index is 0.263. The lowest BCUT2D eigenvalue weighted by Gasteiger charge is -2.34. The predicted octanol–water partition coefficient (Wildman–Crippen LogP) is 1.63. The molecule has 2 unspecified atom stereocenters. The Labute approximate surface area is 173 Å². The minimum Gasteiger partial charge on any atom is -0.383 e. The van der Waals surface area contributed by atoms with Crippen molar-refractivity contribution in [2.45, 2.75) is 45.4 Å². The van der Waals surface area contributed by atoms with Crippen molar-refractivity contribution in [3.8, 4) is 0 Å². The highest BCUT2D eigenvalue weighted by Crippen LogP contribution is 2.21. The van der Waals surface area contributed by atoms with Crippen LogP contribution in [-0.4, -0.2) is 58.0 Å². The molecule has 158 valence electrons. The van der Waals surface area contributed by atoms with E-state index in [4.69, 9.17) is 0 Å². The van der Waals surface area contributed by atoms with Crippen molar-refractivity contribution < 1.29 is 5.11 Å². The molecule has 1 aromatic heterocycles. The van der Waals surface area contributed by atoms with E-state index in [2.05, 4.69) is 56.8 Å². The Morgan fingerprint density at radius 1 is 1.31 bits per heavy atom. The molecule has 7 heteroatoms. The van der Waals surface area contributed by atoms with E-state index in [1.165, 1.54) is 11.1 Å². The summed E-state index contributed by atoms with van der Waals surface area (Å²) in [6.45, 7) is 9.95. The largest absolute Gasteiger partial charge is 0.383 e. The van der Waals surface area contributed by atoms with Crippen LogP contribution in [0.4, 0.5) is 0 Å². The quantitative estimate of drug-likeness (QED) is 0.488. The van der Waals surface area contributed by atoms with Gasteiger partial charge in [-0.1, -0.05) is 24.3 Å². The first-order valence-corrected chi connectivity index (χ1v) is 10.4. The number of hydrogen-bond acceptors (Lipinski definition) is 4. The Bertz CT molecular complexity index is 828. The molecule has 29 heavy (non-hydrogen) atoms. The summed E-state index contributed by atoms with van der Waals surface area (Å²) in [5.74, 6) is 0.723. The van der Waals surface area contributed by atoms with Gasteiger partial charge in [0.05, 0.1) is 12.7 Å². The molecule has 0 aliphatic carbocycles. The van der Waals surface area contributed by atoms with Gasteiger partial charge in [0.2, 0.25) is 0 Å². The normalized spacial score (nSPS) is 18.0. The lowest BCUT2D eigenvalue weighted by atomic mass is 9.99. The van der Waals surface area contributed by atoms with Gasteiger partial charge in [-0.2, -0.15) is 5.10 Å². The molecule has 1 aliphatic heterocycles. The van der Waals surface area contributed by atoms with E-state index >= 15 is 0 Å². The molecule has 0 amide bonds. The lowest BCUT2D eigenvalue weighted by Crippen LogP contribution is -2.47. The molecular formula is C22H34N6O. The van der Waals surface area contributed by atoms with Gasteiger partial charge in [-0.15, -0.1) is 0 Å². The van der Waals surface area contributed by atoms with Crippen LogP contribution in [0.5, 0.6) is 0 Å². The van der Waals surface area contributed by atoms with Crippen LogP contribution >= 0.6 is 0 Å². The van der Waals surface area contributed by atoms with Gasteiger partial charge in [0.15, 0.2) is 5.96 Å². The second-order valence-corrected chi connectivity index (χ2v) is 8.09. The molecule has 1 aliphatic rings. The highest BCUT2D eigenvalue weighted by atomic mass is 16.3. The summed E-state index contributed by atoms with van der Waals surface area (Å²) in [6, 6.07) is 9.09. The number of rotatable bonds is 7. The highest BCUT2D eigenvalue weighted by Gasteiger charge is 2.25. The Morgan fingerprint density at radius 3 is 2.76 bits per heavy atom. The zero-order valence-corrected chi connectivity index (χ0v) is 18.0. The molecule has 0 spiro atoms. The first-order valence-electron chi connectivity index (χ1n) is 10.4. The van der Waals surface area contributed by atoms with Crippen LogP contribution in [-0.2, 0) is 25.6 Å². The van der Waals surface area contributed by atoms with Crippen molar-refractivity contribution in [2.24, 2.45) is 12.0 Å². The Hall–Kier alpha value is -2.38. The number of aromatic nitrogens is 2. The van der Waals surface area contributed by atoms with Gasteiger partial charge in [0, 0.05) is 51.0 Å². The minimum atomic E-state index is -1.06. The maximum atomic E-state index is 10.8. The molecule has 0 saturated carbocycles. The Kier molecular flexibility index (Phi) is 6.92. The molecular weight excluding hydrogens is 364 g/mol. The maximum absolute atomic E-state index is 10.8. The number of nitrogens with zero attached hydrogens (tertiary/aromatic N) is 4. The summed E-state index contributed by atoms with van der Waals surface area (Å²) in [5.41, 5.74) is 2.61. The molecule has 0 fully saturated rings. The Morgan fingerprint density at radius 2 is 2.07 bits per heavy atom. The van der Waals surface area contributed by atoms with Crippen molar-refractivity contribution in [1.82, 2.24) is 25.3 Å². The van der Waals surface area contributed by atoms with Gasteiger partial charge in [0.1, 0.15) is 5.60 Å². The maximum Gasteiger partial charge on any atom is 0.191 e. The summed E-state index contributed by atoms with van der Waals surface area (Å²) in [7, 11) is 1.84. The fourth-order valence-corrected chi connectivity index (χ4v) is 3.63. The third kappa shape index (κ3) is 5.58. The fourth-order valence-electron chi connectivity index (χ4n) is 3.63. The standard InChI is InChI=1S/C22H34N6O/c1-5-23-21(25-16-22(3,29)20-13-26-27(4)15-20)24-12-17(2)28-11-10-18-8-6-7-9-19(18)14-28/h6-9,13,15,17,29H,5,10-12,14,16H2,1-4H3,(H2,23,24,25). The van der Waals surface area contributed by atoms with Crippen LogP contribution in [0, 0.1) is 0 Å². The fraction of sp³-hybridized carbons (Fsp3) is 0.545. The summed E-state index contributed by atoms with van der Waals surface area (Å²) in [6.07, 6.45) is 4.61. The third-order valence-corrected chi connectivity index (χ3v) is 5.56. The zero-order valence-electron chi connectivity index (χ0n) is 18.0. The smallest absolute Gasteiger partial charge is 0.191 e. The van der Waals surface area contributed by atoms with Gasteiger partial charge in [0.25, 0.3) is 0 Å². The van der Waals surface area contributed by atoms with Crippen LogP contribution in [0.2, 0.25) is 0 Å². The van der Waals surface area contributed by atoms with E-state index in [0.29, 0.717) is 6.04 Å². The lowest BCUT2D eigenvalue weighted by molar-refractivity contribution is 0.0671. The van der Waals surface area contributed by atoms with Gasteiger partial charge in [-0.3, -0.25) is 9.58 Å². The summed E-state index contributed by atoms with van der Waals surface area (Å²) in [4.78, 5) is 7.12. The highest BCUT2D eigenvalue weighted by molar-refractivity contribution is 5.79. The monoisotopic (exact) mass is 398 g/mol. The van der Waals surface area contributed by atoms with Crippen LogP contribution in [0.25, 0.3) is 0 Å². The first-order chi connectivity index (χ1) is 13.9. The number of aliphatic hydroxyl groups is 1. The van der Waals surface area contributed by atoms with E-state index < -0.39 is 5.60 Å². The van der Waals surface area contributed by atoms with E-state index in [9.17, 15) is 5.11 Å². The summed E-state index contributed by atoms with van der Waals surface area (Å²) in [5, 5.41) is 21.6. The molecule has 0 bridgehead atoms. The van der Waals surface area contributed by atoms with E-state index in [0.717, 1.165) is 44.1 Å². The van der Waals surface area contributed by atoms with Gasteiger partial charge >= 0.3 is 0 Å². The predicted molar refractivity (Wildman–Crippen MR) is 117 cm³/mol.